The van der Waals surface area contributed by atoms with Crippen molar-refractivity contribution in [2.24, 2.45) is 22.7 Å². The number of thioether (sulfide) groups is 1. The van der Waals surface area contributed by atoms with Crippen LogP contribution in [0, 0.1) is 11.8 Å². The number of amides is 1. The first-order chi connectivity index (χ1) is 12.9. The minimum absolute atomic E-state index is 0.0351. The summed E-state index contributed by atoms with van der Waals surface area (Å²) in [5.74, 6) is -3.20. The summed E-state index contributed by atoms with van der Waals surface area (Å²) in [6, 6.07) is -0.459. The number of nitrogens with two attached hydrogens (primary N) is 2. The predicted molar refractivity (Wildman–Crippen MR) is 101 cm³/mol. The number of nitrogens with one attached hydrogen (secondary N) is 1. The van der Waals surface area contributed by atoms with Gasteiger partial charge in [-0.05, 0) is 6.92 Å². The van der Waals surface area contributed by atoms with Crippen LogP contribution in [0.2, 0.25) is 0 Å². The van der Waals surface area contributed by atoms with Crippen LogP contribution in [0.25, 0.3) is 0 Å². The van der Waals surface area contributed by atoms with E-state index in [4.69, 9.17) is 10.9 Å². The minimum atomic E-state index is -4.00. The number of aliphatic carboxylic acids is 1. The molecule has 0 aromatic heterocycles. The third kappa shape index (κ3) is 4.55. The highest BCUT2D eigenvalue weighted by Gasteiger charge is 2.60. The minimum Gasteiger partial charge on any atom is -0.477 e. The summed E-state index contributed by atoms with van der Waals surface area (Å²) in [7, 11) is -4.00. The maximum Gasteiger partial charge on any atom is 0.353 e. The Labute approximate surface area is 166 Å². The third-order valence-electron chi connectivity index (χ3n) is 4.79. The maximum atomic E-state index is 12.3. The Morgan fingerprint density at radius 3 is 2.46 bits per heavy atom. The fourth-order valence-corrected chi connectivity index (χ4v) is 5.28. The van der Waals surface area contributed by atoms with Gasteiger partial charge in [0.25, 0.3) is 10.2 Å². The molecule has 0 radical (unpaired) electrons. The number of ketones is 1. The molecule has 0 aromatic rings. The van der Waals surface area contributed by atoms with Crippen LogP contribution in [0.15, 0.2) is 10.6 Å². The molecule has 5 atom stereocenters. The zero-order valence-corrected chi connectivity index (χ0v) is 17.0. The Balaban J connectivity index is 2.17. The van der Waals surface area contributed by atoms with Crippen LogP contribution in [0.3, 0.4) is 0 Å². The van der Waals surface area contributed by atoms with Crippen LogP contribution in [0.4, 0.5) is 0 Å². The fourth-order valence-electron chi connectivity index (χ4n) is 3.54. The van der Waals surface area contributed by atoms with Gasteiger partial charge in [0, 0.05) is 29.0 Å². The number of fused-ring (bicyclic) bond motifs is 1. The monoisotopic (exact) mass is 436 g/mol. The molecule has 2 heterocycles. The molecule has 2 aliphatic heterocycles. The number of hydrogen-bond donors (Lipinski definition) is 5. The van der Waals surface area contributed by atoms with E-state index in [9.17, 15) is 33.0 Å². The zero-order chi connectivity index (χ0) is 21.4. The molecule has 0 bridgehead atoms. The topological polar surface area (TPSA) is 193 Å². The van der Waals surface area contributed by atoms with Crippen LogP contribution in [0.5, 0.6) is 0 Å². The van der Waals surface area contributed by atoms with Crippen LogP contribution >= 0.6 is 11.8 Å². The highest BCUT2D eigenvalue weighted by molar-refractivity contribution is 8.03. The van der Waals surface area contributed by atoms with Gasteiger partial charge in [-0.25, -0.2) is 9.93 Å². The van der Waals surface area contributed by atoms with Gasteiger partial charge in [-0.2, -0.15) is 13.1 Å². The first-order valence-electron chi connectivity index (χ1n) is 8.53. The van der Waals surface area contributed by atoms with Crippen molar-refractivity contribution in [1.82, 2.24) is 9.62 Å². The Bertz CT molecular complexity index is 811. The highest BCUT2D eigenvalue weighted by Crippen LogP contribution is 2.51. The first kappa shape index (κ1) is 22.8. The summed E-state index contributed by atoms with van der Waals surface area (Å²) in [6.45, 7) is 2.79. The van der Waals surface area contributed by atoms with Crippen LogP contribution in [-0.2, 0) is 24.6 Å². The SMILES string of the molecule is C[C@@H](O)[C@H]1C(=O)N2C(C(=O)O)=C(S[C@H](CN)CC(=O)CNS(N)(=O)=O)[C@H](C)[C@H]12. The lowest BCUT2D eigenvalue weighted by atomic mass is 9.79. The molecule has 2 rings (SSSR count). The molecule has 1 amide bonds. The van der Waals surface area contributed by atoms with E-state index in [0.29, 0.717) is 4.91 Å². The number of carboxylic acid groups (broad SMARTS) is 1. The van der Waals surface area contributed by atoms with Gasteiger partial charge in [0.2, 0.25) is 5.91 Å². The van der Waals surface area contributed by atoms with Gasteiger partial charge in [-0.15, -0.1) is 11.8 Å². The number of rotatable bonds is 10. The van der Waals surface area contributed by atoms with Crippen molar-refractivity contribution in [2.45, 2.75) is 37.7 Å². The Kier molecular flexibility index (Phi) is 6.89. The molecule has 0 saturated carbocycles. The van der Waals surface area contributed by atoms with Gasteiger partial charge >= 0.3 is 5.97 Å². The number of nitrogens with zero attached hydrogens (tertiary/aromatic N) is 1. The second-order valence-corrected chi connectivity index (χ2v) is 9.58. The van der Waals surface area contributed by atoms with Gasteiger partial charge in [0.15, 0.2) is 0 Å². The molecule has 2 aliphatic rings. The van der Waals surface area contributed by atoms with Crippen LogP contribution in [-0.4, -0.2) is 71.7 Å². The Hall–Kier alpha value is -1.51. The van der Waals surface area contributed by atoms with E-state index in [0.717, 1.165) is 11.8 Å². The summed E-state index contributed by atoms with van der Waals surface area (Å²) in [5, 5.41) is 23.7. The van der Waals surface area contributed by atoms with Crippen molar-refractivity contribution in [1.29, 1.82) is 0 Å². The average molecular weight is 437 g/mol. The molecule has 0 aromatic carbocycles. The predicted octanol–water partition coefficient (Wildman–Crippen LogP) is -2.05. The van der Waals surface area contributed by atoms with Gasteiger partial charge in [0.05, 0.1) is 24.6 Å². The van der Waals surface area contributed by atoms with Crippen molar-refractivity contribution in [3.63, 3.8) is 0 Å². The number of carboxylic acids is 1. The number of aliphatic hydroxyl groups excluding tert-OH is 1. The van der Waals surface area contributed by atoms with E-state index < -0.39 is 57.7 Å². The quantitative estimate of drug-likeness (QED) is 0.240. The van der Waals surface area contributed by atoms with Crippen LogP contribution < -0.4 is 15.6 Å². The van der Waals surface area contributed by atoms with E-state index >= 15 is 0 Å². The van der Waals surface area contributed by atoms with Crippen molar-refractivity contribution >= 4 is 39.6 Å². The number of aliphatic hydroxyl groups is 1. The van der Waals surface area contributed by atoms with Crippen molar-refractivity contribution in [3.8, 4) is 0 Å². The number of carbonyl (C=O) groups is 3. The lowest BCUT2D eigenvalue weighted by molar-refractivity contribution is -0.163. The second kappa shape index (κ2) is 8.47. The van der Waals surface area contributed by atoms with Gasteiger partial charge < -0.3 is 20.8 Å². The molecule has 0 aliphatic carbocycles. The lowest BCUT2D eigenvalue weighted by Gasteiger charge is -2.46. The summed E-state index contributed by atoms with van der Waals surface area (Å²) in [6.07, 6.45) is -1.02. The zero-order valence-electron chi connectivity index (χ0n) is 15.4. The smallest absolute Gasteiger partial charge is 0.353 e. The van der Waals surface area contributed by atoms with E-state index in [2.05, 4.69) is 0 Å². The molecule has 7 N–H and O–H groups in total. The number of hydrogen-bond acceptors (Lipinski definition) is 8. The van der Waals surface area contributed by atoms with Crippen molar-refractivity contribution in [2.75, 3.05) is 13.1 Å². The maximum absolute atomic E-state index is 12.3. The molecule has 1 saturated heterocycles. The van der Waals surface area contributed by atoms with Gasteiger partial charge in [-0.1, -0.05) is 6.92 Å². The van der Waals surface area contributed by atoms with E-state index in [1.165, 1.54) is 11.8 Å². The van der Waals surface area contributed by atoms with Crippen molar-refractivity contribution in [3.05, 3.63) is 10.6 Å². The summed E-state index contributed by atoms with van der Waals surface area (Å²) in [5.41, 5.74) is 5.55. The summed E-state index contributed by atoms with van der Waals surface area (Å²) < 4.78 is 23.7. The van der Waals surface area contributed by atoms with E-state index in [1.807, 2.05) is 4.72 Å². The molecule has 158 valence electrons. The van der Waals surface area contributed by atoms with E-state index in [-0.39, 0.29) is 24.6 Å². The number of β-lactam (4-membered cyclic amide) rings is 1. The largest absolute Gasteiger partial charge is 0.477 e. The lowest BCUT2D eigenvalue weighted by Crippen LogP contribution is -2.63. The molecular formula is C15H24N4O7S2. The third-order valence-corrected chi connectivity index (χ3v) is 6.85. The standard InChI is InChI=1S/C15H24N4O7S2/c1-6-11-10(7(2)20)14(22)19(11)12(15(23)24)13(6)27-9(4-16)3-8(21)5-18-28(17,25)26/h6-7,9-11,18,20H,3-5,16H2,1-2H3,(H,23,24)(H2,17,25,26)/t6-,7-,9+,10-,11-/m1/s1. The second-order valence-electron chi connectivity index (χ2n) is 6.86. The molecule has 11 nitrogen and oxygen atoms in total. The van der Waals surface area contributed by atoms with E-state index in [1.54, 1.807) is 6.92 Å². The molecule has 1 fully saturated rings. The van der Waals surface area contributed by atoms with Gasteiger partial charge in [-0.3, -0.25) is 9.59 Å². The Morgan fingerprint density at radius 1 is 1.39 bits per heavy atom. The van der Waals surface area contributed by atoms with Crippen LogP contribution in [0.1, 0.15) is 20.3 Å². The summed E-state index contributed by atoms with van der Waals surface area (Å²) >= 11 is 1.09. The summed E-state index contributed by atoms with van der Waals surface area (Å²) in [4.78, 5) is 37.6. The van der Waals surface area contributed by atoms with Crippen molar-refractivity contribution < 1.29 is 33.0 Å². The fraction of sp³-hybridized carbons (Fsp3) is 0.667. The first-order valence-corrected chi connectivity index (χ1v) is 11.0. The molecule has 0 spiro atoms. The number of carbonyl (C=O) groups excluding carboxylic acids is 2. The molecule has 0 unspecified atom stereocenters. The Morgan fingerprint density at radius 2 is 2.00 bits per heavy atom. The molecule has 28 heavy (non-hydrogen) atoms. The molecule has 13 heteroatoms. The molecular weight excluding hydrogens is 412 g/mol. The number of Topliss-reactive ketones (excluding diaryl/α,β-unsaturated/α-hetero) is 1. The highest BCUT2D eigenvalue weighted by atomic mass is 32.2. The van der Waals surface area contributed by atoms with Gasteiger partial charge in [0.1, 0.15) is 11.5 Å². The average Bonchev–Trinajstić information content (AvgIpc) is 2.80. The normalized spacial score (nSPS) is 26.7.